The van der Waals surface area contributed by atoms with Gasteiger partial charge in [-0.2, -0.15) is 0 Å². The molecule has 2 aromatic carbocycles. The zero-order chi connectivity index (χ0) is 21.1. The number of rotatable bonds is 10. The van der Waals surface area contributed by atoms with Crippen LogP contribution in [0.4, 0.5) is 0 Å². The SMILES string of the molecule is C=CCC(N)(CC=C)c1ccc2c(c1)Cc1cc(C(N)(CC=C)CC=C)ccc1-2. The van der Waals surface area contributed by atoms with Crippen molar-refractivity contribution in [1.29, 1.82) is 0 Å². The van der Waals surface area contributed by atoms with Gasteiger partial charge in [0.1, 0.15) is 0 Å². The van der Waals surface area contributed by atoms with Crippen LogP contribution in [0.25, 0.3) is 11.1 Å². The van der Waals surface area contributed by atoms with E-state index in [0.717, 1.165) is 17.5 Å². The monoisotopic (exact) mass is 384 g/mol. The number of nitrogens with two attached hydrogens (primary N) is 2. The van der Waals surface area contributed by atoms with Crippen molar-refractivity contribution < 1.29 is 0 Å². The van der Waals surface area contributed by atoms with E-state index in [1.54, 1.807) is 0 Å². The van der Waals surface area contributed by atoms with Gasteiger partial charge in [-0.25, -0.2) is 0 Å². The Hall–Kier alpha value is -2.68. The number of hydrogen-bond donors (Lipinski definition) is 2. The predicted octanol–water partition coefficient (Wildman–Crippen LogP) is 5.87. The Morgan fingerprint density at radius 2 is 1.00 bits per heavy atom. The standard InChI is InChI=1S/C27H32N2/c1-5-13-26(28,14-6-2)22-9-11-24-20(18-22)17-21-19-23(10-12-25(21)24)27(29,15-7-3)16-8-4/h5-12,18-19H,1-4,13-17,28-29H2. The zero-order valence-electron chi connectivity index (χ0n) is 17.3. The van der Waals surface area contributed by atoms with Crippen LogP contribution in [0.1, 0.15) is 47.9 Å². The van der Waals surface area contributed by atoms with Gasteiger partial charge in [0.2, 0.25) is 0 Å². The van der Waals surface area contributed by atoms with Gasteiger partial charge in [0.25, 0.3) is 0 Å². The number of hydrogen-bond acceptors (Lipinski definition) is 2. The molecule has 1 aliphatic carbocycles. The molecule has 2 nitrogen and oxygen atoms in total. The molecule has 2 aromatic rings. The lowest BCUT2D eigenvalue weighted by Gasteiger charge is -2.28. The van der Waals surface area contributed by atoms with Crippen LogP contribution in [0.15, 0.2) is 87.0 Å². The van der Waals surface area contributed by atoms with E-state index in [1.165, 1.54) is 22.3 Å². The Morgan fingerprint density at radius 1 is 0.655 bits per heavy atom. The maximum absolute atomic E-state index is 6.71. The van der Waals surface area contributed by atoms with Gasteiger partial charge in [-0.15, -0.1) is 26.3 Å². The fourth-order valence-electron chi connectivity index (χ4n) is 4.50. The number of benzene rings is 2. The molecule has 0 heterocycles. The van der Waals surface area contributed by atoms with Crippen LogP contribution in [0.3, 0.4) is 0 Å². The summed E-state index contributed by atoms with van der Waals surface area (Å²) < 4.78 is 0. The summed E-state index contributed by atoms with van der Waals surface area (Å²) >= 11 is 0. The highest BCUT2D eigenvalue weighted by molar-refractivity contribution is 5.77. The van der Waals surface area contributed by atoms with Gasteiger partial charge in [0, 0.05) is 11.1 Å². The molecule has 29 heavy (non-hydrogen) atoms. The first-order valence-corrected chi connectivity index (χ1v) is 10.2. The van der Waals surface area contributed by atoms with E-state index in [4.69, 9.17) is 11.5 Å². The molecule has 1 aliphatic rings. The second-order valence-electron chi connectivity index (χ2n) is 8.20. The molecule has 0 saturated heterocycles. The van der Waals surface area contributed by atoms with Crippen LogP contribution in [0.2, 0.25) is 0 Å². The normalized spacial score (nSPS) is 12.8. The maximum Gasteiger partial charge on any atom is 0.0479 e. The maximum atomic E-state index is 6.71. The molecule has 4 N–H and O–H groups in total. The highest BCUT2D eigenvalue weighted by Gasteiger charge is 2.29. The lowest BCUT2D eigenvalue weighted by molar-refractivity contribution is 0.456. The third-order valence-electron chi connectivity index (χ3n) is 6.07. The molecule has 0 unspecified atom stereocenters. The van der Waals surface area contributed by atoms with Crippen LogP contribution >= 0.6 is 0 Å². The fraction of sp³-hybridized carbons (Fsp3) is 0.259. The Labute approximate surface area is 175 Å². The van der Waals surface area contributed by atoms with Gasteiger partial charge in [-0.3, -0.25) is 0 Å². The van der Waals surface area contributed by atoms with E-state index in [-0.39, 0.29) is 0 Å². The van der Waals surface area contributed by atoms with Crippen LogP contribution in [-0.2, 0) is 17.5 Å². The van der Waals surface area contributed by atoms with Crippen LogP contribution in [0, 0.1) is 0 Å². The molecule has 150 valence electrons. The first kappa shape index (κ1) is 21.0. The van der Waals surface area contributed by atoms with Crippen LogP contribution in [-0.4, -0.2) is 0 Å². The van der Waals surface area contributed by atoms with E-state index in [0.29, 0.717) is 25.7 Å². The highest BCUT2D eigenvalue weighted by atomic mass is 14.7. The lowest BCUT2D eigenvalue weighted by atomic mass is 9.83. The highest BCUT2D eigenvalue weighted by Crippen LogP contribution is 2.41. The Bertz CT molecular complexity index is 854. The van der Waals surface area contributed by atoms with Gasteiger partial charge in [-0.1, -0.05) is 60.7 Å². The van der Waals surface area contributed by atoms with Gasteiger partial charge >= 0.3 is 0 Å². The largest absolute Gasteiger partial charge is 0.321 e. The molecule has 0 saturated carbocycles. The van der Waals surface area contributed by atoms with E-state index in [2.05, 4.69) is 62.7 Å². The smallest absolute Gasteiger partial charge is 0.0479 e. The average molecular weight is 385 g/mol. The van der Waals surface area contributed by atoms with Crippen molar-refractivity contribution in [3.8, 4) is 11.1 Å². The van der Waals surface area contributed by atoms with Crippen molar-refractivity contribution in [2.24, 2.45) is 11.5 Å². The molecule has 0 spiro atoms. The third-order valence-corrected chi connectivity index (χ3v) is 6.07. The molecular weight excluding hydrogens is 352 g/mol. The molecule has 0 atom stereocenters. The summed E-state index contributed by atoms with van der Waals surface area (Å²) in [5.41, 5.74) is 20.0. The fourth-order valence-corrected chi connectivity index (χ4v) is 4.50. The first-order valence-electron chi connectivity index (χ1n) is 10.2. The van der Waals surface area contributed by atoms with Crippen molar-refractivity contribution >= 4 is 0 Å². The molecule has 2 heteroatoms. The summed E-state index contributed by atoms with van der Waals surface area (Å²) in [6.07, 6.45) is 11.3. The summed E-state index contributed by atoms with van der Waals surface area (Å²) in [7, 11) is 0. The molecule has 0 radical (unpaired) electrons. The van der Waals surface area contributed by atoms with Crippen LogP contribution in [0.5, 0.6) is 0 Å². The van der Waals surface area contributed by atoms with Crippen molar-refractivity contribution in [1.82, 2.24) is 0 Å². The molecule has 0 aromatic heterocycles. The summed E-state index contributed by atoms with van der Waals surface area (Å²) in [6, 6.07) is 13.2. The topological polar surface area (TPSA) is 52.0 Å². The van der Waals surface area contributed by atoms with Crippen LogP contribution < -0.4 is 11.5 Å². The minimum Gasteiger partial charge on any atom is -0.321 e. The Kier molecular flexibility index (Phi) is 6.07. The summed E-state index contributed by atoms with van der Waals surface area (Å²) in [6.45, 7) is 15.5. The lowest BCUT2D eigenvalue weighted by Crippen LogP contribution is -2.35. The van der Waals surface area contributed by atoms with Crippen molar-refractivity contribution in [3.63, 3.8) is 0 Å². The van der Waals surface area contributed by atoms with Gasteiger partial charge in [0.05, 0.1) is 0 Å². The summed E-state index contributed by atoms with van der Waals surface area (Å²) in [5, 5.41) is 0. The number of fused-ring (bicyclic) bond motifs is 3. The van der Waals surface area contributed by atoms with Gasteiger partial charge < -0.3 is 11.5 Å². The van der Waals surface area contributed by atoms with E-state index in [1.807, 2.05) is 24.3 Å². The molecule has 0 fully saturated rings. The summed E-state index contributed by atoms with van der Waals surface area (Å²) in [5.74, 6) is 0. The molecular formula is C27H32N2. The second-order valence-corrected chi connectivity index (χ2v) is 8.20. The Balaban J connectivity index is 1.98. The first-order chi connectivity index (χ1) is 13.9. The molecule has 0 amide bonds. The van der Waals surface area contributed by atoms with E-state index in [9.17, 15) is 0 Å². The van der Waals surface area contributed by atoms with Crippen molar-refractivity contribution in [3.05, 3.63) is 109 Å². The third kappa shape index (κ3) is 3.91. The predicted molar refractivity (Wildman–Crippen MR) is 126 cm³/mol. The molecule has 0 bridgehead atoms. The summed E-state index contributed by atoms with van der Waals surface area (Å²) in [4.78, 5) is 0. The van der Waals surface area contributed by atoms with Gasteiger partial charge in [0.15, 0.2) is 0 Å². The van der Waals surface area contributed by atoms with E-state index < -0.39 is 11.1 Å². The Morgan fingerprint density at radius 3 is 1.31 bits per heavy atom. The second kappa shape index (κ2) is 8.36. The van der Waals surface area contributed by atoms with E-state index >= 15 is 0 Å². The average Bonchev–Trinajstić information content (AvgIpc) is 3.05. The minimum absolute atomic E-state index is 0.460. The van der Waals surface area contributed by atoms with Crippen molar-refractivity contribution in [2.45, 2.75) is 43.2 Å². The zero-order valence-corrected chi connectivity index (χ0v) is 17.3. The molecule has 0 aliphatic heterocycles. The molecule has 3 rings (SSSR count). The van der Waals surface area contributed by atoms with Gasteiger partial charge in [-0.05, 0) is 65.5 Å². The minimum atomic E-state index is -0.460. The van der Waals surface area contributed by atoms with Crippen molar-refractivity contribution in [2.75, 3.05) is 0 Å². The quantitative estimate of drug-likeness (QED) is 0.429.